The van der Waals surface area contributed by atoms with Gasteiger partial charge in [-0.15, -0.1) is 0 Å². The first-order valence-corrected chi connectivity index (χ1v) is 3.94. The largest absolute Gasteiger partial charge is 0.367 e. The number of nitrogens with zero attached hydrogens (tertiary/aromatic N) is 1. The predicted octanol–water partition coefficient (Wildman–Crippen LogP) is 2.07. The summed E-state index contributed by atoms with van der Waals surface area (Å²) in [6, 6.07) is 0. The van der Waals surface area contributed by atoms with Crippen LogP contribution in [0.5, 0.6) is 0 Å². The van der Waals surface area contributed by atoms with Crippen LogP contribution in [-0.2, 0) is 0 Å². The Morgan fingerprint density at radius 1 is 1.22 bits per heavy atom. The topological polar surface area (TPSA) is 3.24 Å². The highest BCUT2D eigenvalue weighted by molar-refractivity contribution is 7.80. The highest BCUT2D eigenvalue weighted by Gasteiger charge is 1.99. The van der Waals surface area contributed by atoms with E-state index in [1.165, 1.54) is 0 Å². The van der Waals surface area contributed by atoms with Crippen LogP contribution >= 0.6 is 12.2 Å². The third-order valence-electron chi connectivity index (χ3n) is 1.42. The van der Waals surface area contributed by atoms with Crippen molar-refractivity contribution in [3.05, 3.63) is 0 Å². The summed E-state index contributed by atoms with van der Waals surface area (Å²) < 4.78 is 0. The summed E-state index contributed by atoms with van der Waals surface area (Å²) in [5.74, 6) is 0. The average Bonchev–Trinajstić information content (AvgIpc) is 1.90. The minimum absolute atomic E-state index is 0.997. The van der Waals surface area contributed by atoms with Gasteiger partial charge in [0.25, 0.3) is 0 Å². The Kier molecular flexibility index (Phi) is 4.68. The van der Waals surface area contributed by atoms with Crippen LogP contribution < -0.4 is 0 Å². The van der Waals surface area contributed by atoms with Gasteiger partial charge in [0.05, 0.1) is 4.99 Å². The second-order valence-corrected chi connectivity index (χ2v) is 2.39. The van der Waals surface area contributed by atoms with Gasteiger partial charge in [-0.2, -0.15) is 0 Å². The summed E-state index contributed by atoms with van der Waals surface area (Å²) in [5, 5.41) is 0. The minimum atomic E-state index is 0.997. The van der Waals surface area contributed by atoms with Crippen LogP contribution in [0.4, 0.5) is 0 Å². The Bertz CT molecular complexity index is 86.9. The number of hydrogen-bond donors (Lipinski definition) is 0. The van der Waals surface area contributed by atoms with Gasteiger partial charge in [0.2, 0.25) is 0 Å². The minimum Gasteiger partial charge on any atom is -0.367 e. The molecule has 0 aromatic rings. The molecule has 0 N–H and O–H groups in total. The van der Waals surface area contributed by atoms with Crippen molar-refractivity contribution < 1.29 is 0 Å². The maximum atomic E-state index is 5.10. The lowest BCUT2D eigenvalue weighted by Crippen LogP contribution is -2.28. The molecule has 9 heavy (non-hydrogen) atoms. The van der Waals surface area contributed by atoms with Gasteiger partial charge < -0.3 is 4.90 Å². The van der Waals surface area contributed by atoms with E-state index in [4.69, 9.17) is 12.2 Å². The van der Waals surface area contributed by atoms with Gasteiger partial charge in [0.1, 0.15) is 0 Å². The molecule has 0 spiro atoms. The van der Waals surface area contributed by atoms with Gasteiger partial charge in [0.15, 0.2) is 0 Å². The Balaban J connectivity index is 3.64. The van der Waals surface area contributed by atoms with Gasteiger partial charge >= 0.3 is 0 Å². The molecule has 0 radical (unpaired) electrons. The molecule has 54 valence electrons. The maximum absolute atomic E-state index is 5.10. The number of rotatable bonds is 3. The molecule has 0 unspecified atom stereocenters. The average molecular weight is 145 g/mol. The fraction of sp³-hybridized carbons (Fsp3) is 0.857. The third kappa shape index (κ3) is 2.80. The third-order valence-corrected chi connectivity index (χ3v) is 1.97. The van der Waals surface area contributed by atoms with E-state index in [9.17, 15) is 0 Å². The molecule has 0 heterocycles. The van der Waals surface area contributed by atoms with Crippen LogP contribution in [0.15, 0.2) is 0 Å². The van der Waals surface area contributed by atoms with E-state index in [-0.39, 0.29) is 0 Å². The van der Waals surface area contributed by atoms with Crippen molar-refractivity contribution in [2.75, 3.05) is 13.1 Å². The van der Waals surface area contributed by atoms with Crippen LogP contribution in [0.1, 0.15) is 27.2 Å². The summed E-state index contributed by atoms with van der Waals surface area (Å²) in [4.78, 5) is 3.29. The maximum Gasteiger partial charge on any atom is 0.0776 e. The molecule has 0 aromatic carbocycles. The Labute approximate surface area is 63.0 Å². The molecule has 0 aromatic heterocycles. The second-order valence-electron chi connectivity index (χ2n) is 1.92. The van der Waals surface area contributed by atoms with E-state index in [0.29, 0.717) is 0 Å². The van der Waals surface area contributed by atoms with Crippen molar-refractivity contribution in [2.45, 2.75) is 27.2 Å². The predicted molar refractivity (Wildman–Crippen MR) is 45.8 cm³/mol. The molecule has 0 aliphatic heterocycles. The van der Waals surface area contributed by atoms with Crippen molar-refractivity contribution in [3.8, 4) is 0 Å². The Morgan fingerprint density at radius 3 is 1.78 bits per heavy atom. The number of thiocarbonyl (C=S) groups is 1. The van der Waals surface area contributed by atoms with Crippen LogP contribution in [-0.4, -0.2) is 23.0 Å². The zero-order chi connectivity index (χ0) is 7.28. The van der Waals surface area contributed by atoms with Crippen molar-refractivity contribution in [2.24, 2.45) is 0 Å². The summed E-state index contributed by atoms with van der Waals surface area (Å²) >= 11 is 5.10. The lowest BCUT2D eigenvalue weighted by Gasteiger charge is -2.20. The molecule has 0 atom stereocenters. The van der Waals surface area contributed by atoms with Gasteiger partial charge in [-0.25, -0.2) is 0 Å². The lowest BCUT2D eigenvalue weighted by atomic mass is 10.4. The fourth-order valence-electron chi connectivity index (χ4n) is 0.800. The molecule has 0 rings (SSSR count). The standard InChI is InChI=1S/C7H15NS/c1-4-7(9)8(5-2)6-3/h4-6H2,1-3H3. The lowest BCUT2D eigenvalue weighted by molar-refractivity contribution is 0.466. The van der Waals surface area contributed by atoms with Crippen LogP contribution in [0.2, 0.25) is 0 Å². The van der Waals surface area contributed by atoms with Gasteiger partial charge in [0, 0.05) is 13.1 Å². The van der Waals surface area contributed by atoms with E-state index in [0.717, 1.165) is 24.5 Å². The Hall–Kier alpha value is -0.110. The van der Waals surface area contributed by atoms with Gasteiger partial charge in [-0.3, -0.25) is 0 Å². The van der Waals surface area contributed by atoms with Gasteiger partial charge in [-0.05, 0) is 20.3 Å². The molecule has 0 aliphatic carbocycles. The van der Waals surface area contributed by atoms with Crippen LogP contribution in [0.3, 0.4) is 0 Å². The smallest absolute Gasteiger partial charge is 0.0776 e. The molecule has 1 nitrogen and oxygen atoms in total. The summed E-state index contributed by atoms with van der Waals surface area (Å²) in [5.41, 5.74) is 0. The summed E-state index contributed by atoms with van der Waals surface area (Å²) in [7, 11) is 0. The zero-order valence-electron chi connectivity index (χ0n) is 6.48. The van der Waals surface area contributed by atoms with E-state index < -0.39 is 0 Å². The fourth-order valence-corrected chi connectivity index (χ4v) is 1.06. The zero-order valence-corrected chi connectivity index (χ0v) is 7.29. The highest BCUT2D eigenvalue weighted by atomic mass is 32.1. The van der Waals surface area contributed by atoms with E-state index in [1.807, 2.05) is 0 Å². The van der Waals surface area contributed by atoms with Crippen molar-refractivity contribution >= 4 is 17.2 Å². The van der Waals surface area contributed by atoms with Crippen LogP contribution in [0, 0.1) is 0 Å². The normalized spacial score (nSPS) is 9.22. The SMILES string of the molecule is CCC(=S)N(CC)CC. The van der Waals surface area contributed by atoms with Crippen molar-refractivity contribution in [1.82, 2.24) is 4.90 Å². The first-order valence-electron chi connectivity index (χ1n) is 3.54. The van der Waals surface area contributed by atoms with E-state index >= 15 is 0 Å². The monoisotopic (exact) mass is 145 g/mol. The molecule has 0 saturated heterocycles. The molecule has 0 bridgehead atoms. The van der Waals surface area contributed by atoms with Crippen molar-refractivity contribution in [1.29, 1.82) is 0 Å². The highest BCUT2D eigenvalue weighted by Crippen LogP contribution is 1.94. The molecule has 0 saturated carbocycles. The molecular formula is C7H15NS. The van der Waals surface area contributed by atoms with Crippen LogP contribution in [0.25, 0.3) is 0 Å². The molecule has 0 amide bonds. The first-order chi connectivity index (χ1) is 4.26. The quantitative estimate of drug-likeness (QED) is 0.559. The summed E-state index contributed by atoms with van der Waals surface area (Å²) in [6.07, 6.45) is 0.997. The van der Waals surface area contributed by atoms with E-state index in [1.54, 1.807) is 0 Å². The van der Waals surface area contributed by atoms with Gasteiger partial charge in [-0.1, -0.05) is 19.1 Å². The number of hydrogen-bond acceptors (Lipinski definition) is 1. The molecule has 0 aliphatic rings. The molecular weight excluding hydrogens is 130 g/mol. The first kappa shape index (κ1) is 8.89. The summed E-state index contributed by atoms with van der Waals surface area (Å²) in [6.45, 7) is 8.45. The Morgan fingerprint density at radius 2 is 1.67 bits per heavy atom. The second kappa shape index (κ2) is 4.74. The van der Waals surface area contributed by atoms with E-state index in [2.05, 4.69) is 25.7 Å². The molecule has 2 heteroatoms. The molecule has 0 fully saturated rings. The van der Waals surface area contributed by atoms with Crippen molar-refractivity contribution in [3.63, 3.8) is 0 Å².